The summed E-state index contributed by atoms with van der Waals surface area (Å²) in [6.45, 7) is 4.56. The fourth-order valence-electron chi connectivity index (χ4n) is 1.23. The average Bonchev–Trinajstić information content (AvgIpc) is 2.29. The molecule has 0 amide bonds. The van der Waals surface area contributed by atoms with Gasteiger partial charge < -0.3 is 4.74 Å². The van der Waals surface area contributed by atoms with E-state index < -0.39 is 0 Å². The van der Waals surface area contributed by atoms with Gasteiger partial charge in [0.05, 0.1) is 19.6 Å². The maximum absolute atomic E-state index is 11.3. The van der Waals surface area contributed by atoms with Gasteiger partial charge in [-0.2, -0.15) is 5.26 Å². The summed E-state index contributed by atoms with van der Waals surface area (Å²) < 4.78 is 4.67. The number of likely N-dealkylation sites (N-methyl/N-ethyl adjacent to an activating group) is 1. The second kappa shape index (κ2) is 7.89. The Labute approximate surface area is 97.5 Å². The lowest BCUT2D eigenvalue weighted by atomic mass is 10.1. The molecule has 0 aromatic rings. The Morgan fingerprint density at radius 2 is 2.25 bits per heavy atom. The molecule has 0 fully saturated rings. The monoisotopic (exact) mass is 224 g/mol. The van der Waals surface area contributed by atoms with Crippen molar-refractivity contribution >= 4 is 5.97 Å². The van der Waals surface area contributed by atoms with Crippen LogP contribution in [0.25, 0.3) is 0 Å². The highest BCUT2D eigenvalue weighted by Gasteiger charge is 2.10. The quantitative estimate of drug-likeness (QED) is 0.509. The second-order valence-electron chi connectivity index (χ2n) is 3.73. The smallest absolute Gasteiger partial charge is 0.333 e. The largest absolute Gasteiger partial charge is 0.466 e. The van der Waals surface area contributed by atoms with Gasteiger partial charge >= 0.3 is 5.97 Å². The molecule has 0 aromatic carbocycles. The molecule has 0 spiro atoms. The lowest BCUT2D eigenvalue weighted by molar-refractivity contribution is -0.136. The molecule has 90 valence electrons. The Morgan fingerprint density at radius 1 is 1.62 bits per heavy atom. The molecule has 0 saturated heterocycles. The molecule has 0 aliphatic rings. The number of hydrogen-bond acceptors (Lipinski definition) is 4. The highest BCUT2D eigenvalue weighted by Crippen LogP contribution is 2.05. The fraction of sp³-hybridized carbons (Fsp3) is 0.667. The van der Waals surface area contributed by atoms with Gasteiger partial charge in [0.25, 0.3) is 0 Å². The van der Waals surface area contributed by atoms with Crippen LogP contribution in [0.5, 0.6) is 0 Å². The summed E-state index contributed by atoms with van der Waals surface area (Å²) in [7, 11) is 3.32. The summed E-state index contributed by atoms with van der Waals surface area (Å²) in [5.74, 6) is -0.274. The van der Waals surface area contributed by atoms with Gasteiger partial charge in [-0.25, -0.2) is 4.79 Å². The van der Waals surface area contributed by atoms with Crippen molar-refractivity contribution in [2.45, 2.75) is 32.7 Å². The molecule has 4 heteroatoms. The van der Waals surface area contributed by atoms with Crippen molar-refractivity contribution in [1.82, 2.24) is 4.90 Å². The molecule has 0 aliphatic carbocycles. The van der Waals surface area contributed by atoms with Gasteiger partial charge in [-0.1, -0.05) is 13.0 Å². The van der Waals surface area contributed by atoms with E-state index in [-0.39, 0.29) is 12.0 Å². The predicted molar refractivity (Wildman–Crippen MR) is 62.7 cm³/mol. The van der Waals surface area contributed by atoms with E-state index in [1.807, 2.05) is 31.9 Å². The van der Waals surface area contributed by atoms with E-state index in [4.69, 9.17) is 5.26 Å². The molecule has 1 atom stereocenters. The summed E-state index contributed by atoms with van der Waals surface area (Å²) in [6.07, 6.45) is 3.01. The number of hydrogen-bond donors (Lipinski definition) is 0. The fourth-order valence-corrected chi connectivity index (χ4v) is 1.23. The number of carbonyl (C=O) groups excluding carboxylic acids is 1. The summed E-state index contributed by atoms with van der Waals surface area (Å²) in [5.41, 5.74) is 0.679. The van der Waals surface area contributed by atoms with Crippen LogP contribution >= 0.6 is 0 Å². The van der Waals surface area contributed by atoms with Crippen molar-refractivity contribution in [3.05, 3.63) is 11.6 Å². The Kier molecular flexibility index (Phi) is 7.23. The zero-order valence-corrected chi connectivity index (χ0v) is 10.5. The Morgan fingerprint density at radius 3 is 2.69 bits per heavy atom. The molecule has 4 nitrogen and oxygen atoms in total. The number of methoxy groups -OCH3 is 1. The van der Waals surface area contributed by atoms with Crippen LogP contribution in [0.2, 0.25) is 0 Å². The first-order valence-electron chi connectivity index (χ1n) is 5.41. The lowest BCUT2D eigenvalue weighted by Crippen LogP contribution is -2.29. The van der Waals surface area contributed by atoms with Gasteiger partial charge in [0, 0.05) is 18.2 Å². The molecule has 0 saturated carbocycles. The molecule has 0 aromatic heterocycles. The molecule has 0 bridgehead atoms. The van der Waals surface area contributed by atoms with Crippen LogP contribution in [0.3, 0.4) is 0 Å². The number of rotatable bonds is 6. The number of carbonyl (C=O) groups is 1. The van der Waals surface area contributed by atoms with E-state index in [0.29, 0.717) is 25.0 Å². The maximum Gasteiger partial charge on any atom is 0.333 e. The predicted octanol–water partition coefficient (Wildman–Crippen LogP) is 1.73. The summed E-state index contributed by atoms with van der Waals surface area (Å²) in [5, 5.41) is 8.57. The zero-order chi connectivity index (χ0) is 12.6. The van der Waals surface area contributed by atoms with Crippen LogP contribution in [0, 0.1) is 11.3 Å². The van der Waals surface area contributed by atoms with E-state index in [0.717, 1.165) is 0 Å². The summed E-state index contributed by atoms with van der Waals surface area (Å²) >= 11 is 0. The van der Waals surface area contributed by atoms with E-state index in [1.165, 1.54) is 7.11 Å². The first kappa shape index (κ1) is 14.7. The maximum atomic E-state index is 11.3. The number of nitriles is 1. The molecule has 0 radical (unpaired) electrons. The molecule has 0 heterocycles. The molecular formula is C12H20N2O2. The first-order chi connectivity index (χ1) is 7.56. The normalized spacial score (nSPS) is 13.4. The van der Waals surface area contributed by atoms with Crippen LogP contribution in [-0.4, -0.2) is 37.6 Å². The van der Waals surface area contributed by atoms with Crippen LogP contribution in [0.1, 0.15) is 26.7 Å². The van der Waals surface area contributed by atoms with Gasteiger partial charge in [0.1, 0.15) is 0 Å². The third kappa shape index (κ3) is 4.94. The second-order valence-corrected chi connectivity index (χ2v) is 3.73. The SMILES string of the molecule is CCC(=CCN(C)C(C)CC#N)C(=O)OC. The van der Waals surface area contributed by atoms with Gasteiger partial charge in [-0.15, -0.1) is 0 Å². The Hall–Kier alpha value is -1.34. The van der Waals surface area contributed by atoms with E-state index >= 15 is 0 Å². The van der Waals surface area contributed by atoms with Gasteiger partial charge in [0.2, 0.25) is 0 Å². The van der Waals surface area contributed by atoms with Crippen molar-refractivity contribution in [3.8, 4) is 6.07 Å². The summed E-state index contributed by atoms with van der Waals surface area (Å²) in [4.78, 5) is 13.3. The van der Waals surface area contributed by atoms with E-state index in [9.17, 15) is 4.79 Å². The molecule has 16 heavy (non-hydrogen) atoms. The van der Waals surface area contributed by atoms with Crippen LogP contribution in [0.15, 0.2) is 11.6 Å². The third-order valence-electron chi connectivity index (χ3n) is 2.59. The van der Waals surface area contributed by atoms with Crippen LogP contribution in [-0.2, 0) is 9.53 Å². The minimum Gasteiger partial charge on any atom is -0.466 e. The van der Waals surface area contributed by atoms with E-state index in [1.54, 1.807) is 0 Å². The van der Waals surface area contributed by atoms with Crippen molar-refractivity contribution < 1.29 is 9.53 Å². The van der Waals surface area contributed by atoms with Gasteiger partial charge in [0.15, 0.2) is 0 Å². The first-order valence-corrected chi connectivity index (χ1v) is 5.41. The highest BCUT2D eigenvalue weighted by molar-refractivity contribution is 5.88. The minimum absolute atomic E-state index is 0.192. The van der Waals surface area contributed by atoms with Gasteiger partial charge in [-0.05, 0) is 20.4 Å². The summed E-state index contributed by atoms with van der Waals surface area (Å²) in [6, 6.07) is 2.32. The molecular weight excluding hydrogens is 204 g/mol. The molecule has 0 N–H and O–H groups in total. The van der Waals surface area contributed by atoms with Crippen molar-refractivity contribution in [2.24, 2.45) is 0 Å². The Bertz CT molecular complexity index is 292. The zero-order valence-electron chi connectivity index (χ0n) is 10.5. The van der Waals surface area contributed by atoms with Crippen molar-refractivity contribution in [2.75, 3.05) is 20.7 Å². The van der Waals surface area contributed by atoms with Crippen molar-refractivity contribution in [3.63, 3.8) is 0 Å². The molecule has 1 unspecified atom stereocenters. The number of nitrogens with zero attached hydrogens (tertiary/aromatic N) is 2. The number of esters is 1. The standard InChI is InChI=1S/C12H20N2O2/c1-5-11(12(15)16-4)7-9-14(3)10(2)6-8-13/h7,10H,5-6,9H2,1-4H3. The van der Waals surface area contributed by atoms with Crippen molar-refractivity contribution in [1.29, 1.82) is 5.26 Å². The highest BCUT2D eigenvalue weighted by atomic mass is 16.5. The Balaban J connectivity index is 4.33. The van der Waals surface area contributed by atoms with Gasteiger partial charge in [-0.3, -0.25) is 4.90 Å². The number of ether oxygens (including phenoxy) is 1. The topological polar surface area (TPSA) is 53.3 Å². The minimum atomic E-state index is -0.274. The van der Waals surface area contributed by atoms with Crippen LogP contribution in [0.4, 0.5) is 0 Å². The molecule has 0 rings (SSSR count). The van der Waals surface area contributed by atoms with E-state index in [2.05, 4.69) is 10.8 Å². The third-order valence-corrected chi connectivity index (χ3v) is 2.59. The average molecular weight is 224 g/mol. The van der Waals surface area contributed by atoms with Crippen LogP contribution < -0.4 is 0 Å². The molecule has 0 aliphatic heterocycles. The lowest BCUT2D eigenvalue weighted by Gasteiger charge is -2.21.